The van der Waals surface area contributed by atoms with Gasteiger partial charge in [-0.15, -0.1) is 0 Å². The highest BCUT2D eigenvalue weighted by Gasteiger charge is 2.29. The van der Waals surface area contributed by atoms with E-state index in [1.165, 1.54) is 0 Å². The Labute approximate surface area is 147 Å². The van der Waals surface area contributed by atoms with Crippen LogP contribution in [0.15, 0.2) is 46.3 Å². The molecule has 0 bridgehead atoms. The molecule has 24 heavy (non-hydrogen) atoms. The molecule has 2 aromatic rings. The quantitative estimate of drug-likeness (QED) is 0.819. The molecule has 1 amide bonds. The lowest BCUT2D eigenvalue weighted by Gasteiger charge is -2.07. The van der Waals surface area contributed by atoms with Crippen LogP contribution in [-0.4, -0.2) is 34.1 Å². The van der Waals surface area contributed by atoms with Gasteiger partial charge >= 0.3 is 0 Å². The fourth-order valence-electron chi connectivity index (χ4n) is 2.26. The Morgan fingerprint density at radius 1 is 1.54 bits per heavy atom. The van der Waals surface area contributed by atoms with Crippen LogP contribution in [0.2, 0.25) is 0 Å². The minimum absolute atomic E-state index is 0.250. The topological polar surface area (TPSA) is 77.7 Å². The molecule has 2 heterocycles. The molecule has 8 heteroatoms. The number of amides is 1. The van der Waals surface area contributed by atoms with Crippen molar-refractivity contribution < 1.29 is 14.4 Å². The molecular weight excluding hydrogens is 376 g/mol. The molecule has 1 unspecified atom stereocenters. The van der Waals surface area contributed by atoms with Crippen LogP contribution < -0.4 is 5.32 Å². The lowest BCUT2D eigenvalue weighted by Crippen LogP contribution is -2.27. The molecule has 0 saturated carbocycles. The highest BCUT2D eigenvalue weighted by Crippen LogP contribution is 2.20. The average Bonchev–Trinajstić information content (AvgIpc) is 3.22. The molecule has 1 aromatic carbocycles. The zero-order valence-corrected chi connectivity index (χ0v) is 14.7. The van der Waals surface area contributed by atoms with Crippen LogP contribution in [-0.2, 0) is 21.1 Å². The van der Waals surface area contributed by atoms with Gasteiger partial charge in [-0.2, -0.15) is 5.10 Å². The van der Waals surface area contributed by atoms with Crippen LogP contribution in [0.4, 0.5) is 5.69 Å². The normalized spacial score (nSPS) is 16.6. The van der Waals surface area contributed by atoms with E-state index in [4.69, 9.17) is 9.57 Å². The molecule has 1 aliphatic heterocycles. The van der Waals surface area contributed by atoms with E-state index in [0.717, 1.165) is 15.7 Å². The molecule has 1 N–H and O–H groups in total. The number of nitrogens with one attached hydrogen (secondary N) is 1. The molecule has 126 valence electrons. The lowest BCUT2D eigenvalue weighted by molar-refractivity contribution is -0.125. The second-order valence-electron chi connectivity index (χ2n) is 5.23. The van der Waals surface area contributed by atoms with Crippen LogP contribution in [0, 0.1) is 0 Å². The first-order valence-electron chi connectivity index (χ1n) is 7.55. The highest BCUT2D eigenvalue weighted by molar-refractivity contribution is 9.10. The fourth-order valence-corrected chi connectivity index (χ4v) is 2.66. The van der Waals surface area contributed by atoms with E-state index in [9.17, 15) is 4.79 Å². The van der Waals surface area contributed by atoms with Crippen molar-refractivity contribution in [1.82, 2.24) is 9.78 Å². The Hall–Kier alpha value is -2.19. The number of anilines is 1. The van der Waals surface area contributed by atoms with Crippen molar-refractivity contribution in [3.8, 4) is 0 Å². The van der Waals surface area contributed by atoms with E-state index in [2.05, 4.69) is 31.5 Å². The monoisotopic (exact) mass is 392 g/mol. The van der Waals surface area contributed by atoms with E-state index in [0.29, 0.717) is 25.4 Å². The van der Waals surface area contributed by atoms with Crippen molar-refractivity contribution in [3.63, 3.8) is 0 Å². The minimum atomic E-state index is -0.644. The van der Waals surface area contributed by atoms with Gasteiger partial charge in [-0.1, -0.05) is 33.2 Å². The smallest absolute Gasteiger partial charge is 0.268 e. The Morgan fingerprint density at radius 2 is 2.42 bits per heavy atom. The standard InChI is InChI=1S/C16H17BrN4O3/c1-2-23-10-21-9-13(8-18-21)19-16(22)15-7-14(20-24-15)11-4-3-5-12(17)6-11/h3-6,8-9,15H,2,7,10H2,1H3,(H,19,22). The maximum Gasteiger partial charge on any atom is 0.268 e. The number of nitrogens with zero attached hydrogens (tertiary/aromatic N) is 3. The molecule has 0 radical (unpaired) electrons. The van der Waals surface area contributed by atoms with Crippen molar-refractivity contribution in [2.24, 2.45) is 5.16 Å². The molecule has 0 saturated heterocycles. The molecule has 0 fully saturated rings. The number of aromatic nitrogens is 2. The highest BCUT2D eigenvalue weighted by atomic mass is 79.9. The first-order valence-corrected chi connectivity index (χ1v) is 8.34. The predicted molar refractivity (Wildman–Crippen MR) is 92.7 cm³/mol. The lowest BCUT2D eigenvalue weighted by atomic mass is 10.0. The van der Waals surface area contributed by atoms with Gasteiger partial charge in [0.1, 0.15) is 6.73 Å². The number of oxime groups is 1. The summed E-state index contributed by atoms with van der Waals surface area (Å²) >= 11 is 3.42. The van der Waals surface area contributed by atoms with Gasteiger partial charge in [-0.05, 0) is 19.1 Å². The number of carbonyl (C=O) groups excluding carboxylic acids is 1. The number of hydrogen-bond acceptors (Lipinski definition) is 5. The predicted octanol–water partition coefficient (Wildman–Crippen LogP) is 2.77. The number of hydrogen-bond donors (Lipinski definition) is 1. The van der Waals surface area contributed by atoms with Gasteiger partial charge in [0.05, 0.1) is 23.8 Å². The van der Waals surface area contributed by atoms with Gasteiger partial charge in [-0.3, -0.25) is 4.79 Å². The SMILES string of the molecule is CCOCn1cc(NC(=O)C2CC(c3cccc(Br)c3)=NO2)cn1. The van der Waals surface area contributed by atoms with Gasteiger partial charge in [0.25, 0.3) is 5.91 Å². The van der Waals surface area contributed by atoms with E-state index in [1.54, 1.807) is 17.1 Å². The molecule has 1 aromatic heterocycles. The summed E-state index contributed by atoms with van der Waals surface area (Å²) in [7, 11) is 0. The van der Waals surface area contributed by atoms with Gasteiger partial charge in [0.15, 0.2) is 0 Å². The van der Waals surface area contributed by atoms with Crippen molar-refractivity contribution in [2.75, 3.05) is 11.9 Å². The maximum absolute atomic E-state index is 12.3. The van der Waals surface area contributed by atoms with E-state index in [1.807, 2.05) is 31.2 Å². The zero-order chi connectivity index (χ0) is 16.9. The van der Waals surface area contributed by atoms with Gasteiger partial charge < -0.3 is 14.9 Å². The van der Waals surface area contributed by atoms with Crippen LogP contribution >= 0.6 is 15.9 Å². The Morgan fingerprint density at radius 3 is 3.21 bits per heavy atom. The minimum Gasteiger partial charge on any atom is -0.382 e. The summed E-state index contributed by atoms with van der Waals surface area (Å²) in [5, 5.41) is 10.9. The Balaban J connectivity index is 1.56. The number of benzene rings is 1. The Bertz CT molecular complexity index is 759. The number of ether oxygens (including phenoxy) is 1. The molecule has 0 aliphatic carbocycles. The Kier molecular flexibility index (Phi) is 5.27. The molecule has 7 nitrogen and oxygen atoms in total. The van der Waals surface area contributed by atoms with Crippen LogP contribution in [0.1, 0.15) is 18.9 Å². The third kappa shape index (κ3) is 4.01. The maximum atomic E-state index is 12.3. The molecule has 0 spiro atoms. The zero-order valence-electron chi connectivity index (χ0n) is 13.1. The van der Waals surface area contributed by atoms with Crippen LogP contribution in [0.25, 0.3) is 0 Å². The summed E-state index contributed by atoms with van der Waals surface area (Å²) in [6.45, 7) is 2.86. The first kappa shape index (κ1) is 16.7. The van der Waals surface area contributed by atoms with E-state index in [-0.39, 0.29) is 5.91 Å². The fraction of sp³-hybridized carbons (Fsp3) is 0.312. The third-order valence-electron chi connectivity index (χ3n) is 3.45. The average molecular weight is 393 g/mol. The van der Waals surface area contributed by atoms with Crippen molar-refractivity contribution in [3.05, 3.63) is 46.7 Å². The van der Waals surface area contributed by atoms with Gasteiger partial charge in [-0.25, -0.2) is 4.68 Å². The first-order chi connectivity index (χ1) is 11.7. The summed E-state index contributed by atoms with van der Waals surface area (Å²) in [5.41, 5.74) is 2.28. The van der Waals surface area contributed by atoms with E-state index >= 15 is 0 Å². The van der Waals surface area contributed by atoms with Gasteiger partial charge in [0.2, 0.25) is 6.10 Å². The van der Waals surface area contributed by atoms with Crippen LogP contribution in [0.3, 0.4) is 0 Å². The van der Waals surface area contributed by atoms with Crippen molar-refractivity contribution >= 4 is 33.2 Å². The summed E-state index contributed by atoms with van der Waals surface area (Å²) in [6.07, 6.45) is 3.06. The largest absolute Gasteiger partial charge is 0.382 e. The second kappa shape index (κ2) is 7.59. The summed E-state index contributed by atoms with van der Waals surface area (Å²) in [5.74, 6) is -0.250. The summed E-state index contributed by atoms with van der Waals surface area (Å²) in [6, 6.07) is 7.73. The third-order valence-corrected chi connectivity index (χ3v) is 3.94. The van der Waals surface area contributed by atoms with Crippen molar-refractivity contribution in [2.45, 2.75) is 26.2 Å². The molecule has 1 aliphatic rings. The number of rotatable bonds is 6. The summed E-state index contributed by atoms with van der Waals surface area (Å²) in [4.78, 5) is 17.6. The second-order valence-corrected chi connectivity index (χ2v) is 6.14. The summed E-state index contributed by atoms with van der Waals surface area (Å²) < 4.78 is 7.82. The molecular formula is C16H17BrN4O3. The van der Waals surface area contributed by atoms with E-state index < -0.39 is 6.10 Å². The number of halogens is 1. The number of carbonyl (C=O) groups is 1. The van der Waals surface area contributed by atoms with Gasteiger partial charge in [0, 0.05) is 23.1 Å². The van der Waals surface area contributed by atoms with Crippen LogP contribution in [0.5, 0.6) is 0 Å². The molecule has 3 rings (SSSR count). The molecule has 1 atom stereocenters. The van der Waals surface area contributed by atoms with Crippen molar-refractivity contribution in [1.29, 1.82) is 0 Å².